The van der Waals surface area contributed by atoms with Gasteiger partial charge in [0.05, 0.1) is 0 Å². The average molecular weight is 409 g/mol. The van der Waals surface area contributed by atoms with E-state index in [1.54, 1.807) is 0 Å². The van der Waals surface area contributed by atoms with Gasteiger partial charge < -0.3 is 19.6 Å². The van der Waals surface area contributed by atoms with Crippen molar-refractivity contribution in [2.24, 2.45) is 11.8 Å². The van der Waals surface area contributed by atoms with E-state index in [-0.39, 0.29) is 0 Å². The number of likely N-dealkylation sites (N-methyl/N-ethyl adjacent to an activating group) is 2. The molecule has 0 N–H and O–H groups in total. The molecule has 0 aromatic heterocycles. The first-order valence-electron chi connectivity index (χ1n) is 11.7. The van der Waals surface area contributed by atoms with E-state index in [2.05, 4.69) is 61.4 Å². The maximum atomic E-state index is 12.7. The summed E-state index contributed by atoms with van der Waals surface area (Å²) in [6.07, 6.45) is 3.96. The quantitative estimate of drug-likeness (QED) is 0.579. The van der Waals surface area contributed by atoms with E-state index in [0.717, 1.165) is 58.5 Å². The first kappa shape index (κ1) is 24.1. The van der Waals surface area contributed by atoms with Gasteiger partial charge in [0.25, 0.3) is 0 Å². The summed E-state index contributed by atoms with van der Waals surface area (Å²) in [5.74, 6) is 1.55. The Morgan fingerprint density at radius 3 is 1.41 bits per heavy atom. The summed E-state index contributed by atoms with van der Waals surface area (Å²) in [4.78, 5) is 34.3. The molecule has 2 heterocycles. The van der Waals surface area contributed by atoms with E-state index in [0.29, 0.717) is 48.6 Å². The molecule has 0 aromatic rings. The van der Waals surface area contributed by atoms with E-state index in [1.165, 1.54) is 0 Å². The lowest BCUT2D eigenvalue weighted by Gasteiger charge is -2.42. The van der Waals surface area contributed by atoms with Crippen molar-refractivity contribution in [2.75, 3.05) is 53.4 Å². The van der Waals surface area contributed by atoms with Gasteiger partial charge in [0.1, 0.15) is 0 Å². The van der Waals surface area contributed by atoms with Crippen molar-refractivity contribution in [3.63, 3.8) is 0 Å². The number of nitrogens with zero attached hydrogens (tertiary/aromatic N) is 4. The molecule has 2 fully saturated rings. The van der Waals surface area contributed by atoms with Gasteiger partial charge >= 0.3 is 0 Å². The molecule has 0 aromatic carbocycles. The highest BCUT2D eigenvalue weighted by atomic mass is 16.2. The Labute approximate surface area is 178 Å². The number of hydrogen-bond acceptors (Lipinski definition) is 4. The molecule has 0 spiro atoms. The monoisotopic (exact) mass is 408 g/mol. The third-order valence-electron chi connectivity index (χ3n) is 6.70. The highest BCUT2D eigenvalue weighted by Gasteiger charge is 2.31. The first-order valence-corrected chi connectivity index (χ1v) is 11.7. The number of unbranched alkanes of at least 4 members (excludes halogenated alkanes) is 2. The zero-order valence-electron chi connectivity index (χ0n) is 19.7. The van der Waals surface area contributed by atoms with Crippen LogP contribution in [0.1, 0.15) is 59.8 Å². The fraction of sp³-hybridized carbons (Fsp3) is 0.913. The predicted molar refractivity (Wildman–Crippen MR) is 119 cm³/mol. The third-order valence-corrected chi connectivity index (χ3v) is 6.70. The molecule has 0 radical (unpaired) electrons. The van der Waals surface area contributed by atoms with Crippen LogP contribution in [-0.4, -0.2) is 96.9 Å². The lowest BCUT2D eigenvalue weighted by molar-refractivity contribution is -0.137. The highest BCUT2D eigenvalue weighted by molar-refractivity contribution is 5.77. The Kier molecular flexibility index (Phi) is 9.41. The molecule has 6 nitrogen and oxygen atoms in total. The van der Waals surface area contributed by atoms with E-state index in [1.807, 2.05) is 0 Å². The highest BCUT2D eigenvalue weighted by Crippen LogP contribution is 2.20. The molecular formula is C23H44N4O2. The number of carbonyl (C=O) groups is 2. The van der Waals surface area contributed by atoms with Crippen LogP contribution in [0.3, 0.4) is 0 Å². The summed E-state index contributed by atoms with van der Waals surface area (Å²) in [6.45, 7) is 14.4. The normalized spacial score (nSPS) is 24.6. The summed E-state index contributed by atoms with van der Waals surface area (Å²) in [5.41, 5.74) is 0. The Bertz CT molecular complexity index is 491. The summed E-state index contributed by atoms with van der Waals surface area (Å²) >= 11 is 0. The molecular weight excluding hydrogens is 364 g/mol. The fourth-order valence-electron chi connectivity index (χ4n) is 4.68. The zero-order valence-corrected chi connectivity index (χ0v) is 19.7. The molecule has 0 aliphatic carbocycles. The third kappa shape index (κ3) is 6.95. The van der Waals surface area contributed by atoms with Gasteiger partial charge in [-0.25, -0.2) is 0 Å². The predicted octanol–water partition coefficient (Wildman–Crippen LogP) is 2.53. The van der Waals surface area contributed by atoms with Crippen LogP contribution in [-0.2, 0) is 9.59 Å². The van der Waals surface area contributed by atoms with E-state index < -0.39 is 0 Å². The molecule has 2 aliphatic heterocycles. The van der Waals surface area contributed by atoms with E-state index in [9.17, 15) is 9.59 Å². The molecule has 2 saturated heterocycles. The molecule has 2 atom stereocenters. The van der Waals surface area contributed by atoms with Crippen molar-refractivity contribution in [3.8, 4) is 0 Å². The summed E-state index contributed by atoms with van der Waals surface area (Å²) in [6, 6.07) is 0.654. The molecule has 2 rings (SSSR count). The Morgan fingerprint density at radius 2 is 1.07 bits per heavy atom. The lowest BCUT2D eigenvalue weighted by atomic mass is 9.98. The van der Waals surface area contributed by atoms with Gasteiger partial charge in [-0.2, -0.15) is 0 Å². The van der Waals surface area contributed by atoms with Crippen LogP contribution in [0, 0.1) is 11.8 Å². The number of piperazine rings is 2. The van der Waals surface area contributed by atoms with Gasteiger partial charge in [0, 0.05) is 64.2 Å². The molecule has 0 bridgehead atoms. The Balaban J connectivity index is 1.70. The standard InChI is InChI=1S/C23H44N4O2/c1-18(2)20-16-24(5)12-14-26(20)22(28)10-8-7-9-11-23(29)27-15-13-25(6)17-21(27)19(3)4/h18-21H,7-17H2,1-6H3. The Hall–Kier alpha value is -1.14. The molecule has 29 heavy (non-hydrogen) atoms. The van der Waals surface area contributed by atoms with Gasteiger partial charge in [-0.05, 0) is 38.8 Å². The fourth-order valence-corrected chi connectivity index (χ4v) is 4.68. The molecule has 2 amide bonds. The van der Waals surface area contributed by atoms with Crippen LogP contribution in [0.4, 0.5) is 0 Å². The molecule has 2 aliphatic rings. The molecule has 2 unspecified atom stereocenters. The van der Waals surface area contributed by atoms with Crippen molar-refractivity contribution < 1.29 is 9.59 Å². The maximum absolute atomic E-state index is 12.7. The van der Waals surface area contributed by atoms with Crippen LogP contribution in [0.2, 0.25) is 0 Å². The van der Waals surface area contributed by atoms with E-state index in [4.69, 9.17) is 0 Å². The largest absolute Gasteiger partial charge is 0.337 e. The molecule has 0 saturated carbocycles. The molecule has 6 heteroatoms. The van der Waals surface area contributed by atoms with E-state index >= 15 is 0 Å². The van der Waals surface area contributed by atoms with Crippen LogP contribution in [0.25, 0.3) is 0 Å². The van der Waals surface area contributed by atoms with Crippen molar-refractivity contribution in [1.82, 2.24) is 19.6 Å². The van der Waals surface area contributed by atoms with Crippen LogP contribution in [0.15, 0.2) is 0 Å². The first-order chi connectivity index (χ1) is 13.7. The molecule has 168 valence electrons. The zero-order chi connectivity index (χ0) is 21.6. The Morgan fingerprint density at radius 1 is 0.690 bits per heavy atom. The second kappa shape index (κ2) is 11.3. The van der Waals surface area contributed by atoms with Gasteiger partial charge in [-0.15, -0.1) is 0 Å². The van der Waals surface area contributed by atoms with Crippen LogP contribution in [0.5, 0.6) is 0 Å². The minimum atomic E-state index is 0.294. The van der Waals surface area contributed by atoms with Crippen LogP contribution >= 0.6 is 0 Å². The van der Waals surface area contributed by atoms with Gasteiger partial charge in [0.2, 0.25) is 11.8 Å². The number of rotatable bonds is 8. The van der Waals surface area contributed by atoms with Gasteiger partial charge in [0.15, 0.2) is 0 Å². The second-order valence-corrected chi connectivity index (χ2v) is 9.88. The maximum Gasteiger partial charge on any atom is 0.222 e. The average Bonchev–Trinajstić information content (AvgIpc) is 2.67. The minimum absolute atomic E-state index is 0.294. The lowest BCUT2D eigenvalue weighted by Crippen LogP contribution is -2.56. The topological polar surface area (TPSA) is 47.1 Å². The summed E-state index contributed by atoms with van der Waals surface area (Å²) in [5, 5.41) is 0. The number of hydrogen-bond donors (Lipinski definition) is 0. The van der Waals surface area contributed by atoms with Crippen molar-refractivity contribution in [1.29, 1.82) is 0 Å². The van der Waals surface area contributed by atoms with Crippen LogP contribution < -0.4 is 0 Å². The SMILES string of the molecule is CC(C)C1CN(C)CCN1C(=O)CCCCCC(=O)N1CCN(C)CC1C(C)C. The second-order valence-electron chi connectivity index (χ2n) is 9.88. The summed E-state index contributed by atoms with van der Waals surface area (Å²) < 4.78 is 0. The van der Waals surface area contributed by atoms with Crippen molar-refractivity contribution >= 4 is 11.8 Å². The minimum Gasteiger partial charge on any atom is -0.337 e. The van der Waals surface area contributed by atoms with Gasteiger partial charge in [-0.3, -0.25) is 9.59 Å². The van der Waals surface area contributed by atoms with Crippen molar-refractivity contribution in [2.45, 2.75) is 71.9 Å². The van der Waals surface area contributed by atoms with Gasteiger partial charge in [-0.1, -0.05) is 34.1 Å². The number of carbonyl (C=O) groups excluding carboxylic acids is 2. The summed E-state index contributed by atoms with van der Waals surface area (Å²) in [7, 11) is 4.27. The van der Waals surface area contributed by atoms with Crippen molar-refractivity contribution in [3.05, 3.63) is 0 Å². The smallest absolute Gasteiger partial charge is 0.222 e. The number of amides is 2.